The fourth-order valence-corrected chi connectivity index (χ4v) is 3.37. The molecule has 0 spiro atoms. The SMILES string of the molecule is Cc1nc(-c2ccc(OCC(=O)N(c3ccccc3)C(C)C)cc2)cs1. The van der Waals surface area contributed by atoms with Gasteiger partial charge < -0.3 is 9.64 Å². The summed E-state index contributed by atoms with van der Waals surface area (Å²) < 4.78 is 5.71. The predicted octanol–water partition coefficient (Wildman–Crippen LogP) is 4.94. The van der Waals surface area contributed by atoms with Gasteiger partial charge in [-0.1, -0.05) is 18.2 Å². The Hall–Kier alpha value is -2.66. The van der Waals surface area contributed by atoms with E-state index < -0.39 is 0 Å². The van der Waals surface area contributed by atoms with Crippen molar-refractivity contribution in [3.63, 3.8) is 0 Å². The summed E-state index contributed by atoms with van der Waals surface area (Å²) in [7, 11) is 0. The second-order valence-electron chi connectivity index (χ2n) is 6.26. The van der Waals surface area contributed by atoms with Crippen molar-refractivity contribution >= 4 is 22.9 Å². The van der Waals surface area contributed by atoms with Gasteiger partial charge in [0.2, 0.25) is 0 Å². The zero-order valence-corrected chi connectivity index (χ0v) is 16.0. The molecule has 0 aliphatic rings. The molecule has 5 heteroatoms. The fraction of sp³-hybridized carbons (Fsp3) is 0.238. The Morgan fingerprint density at radius 2 is 1.81 bits per heavy atom. The summed E-state index contributed by atoms with van der Waals surface area (Å²) in [6.07, 6.45) is 0. The second-order valence-corrected chi connectivity index (χ2v) is 7.32. The summed E-state index contributed by atoms with van der Waals surface area (Å²) in [5, 5.41) is 3.08. The maximum Gasteiger partial charge on any atom is 0.265 e. The Bertz CT molecular complexity index is 857. The van der Waals surface area contributed by atoms with Gasteiger partial charge in [0.1, 0.15) is 5.75 Å². The number of hydrogen-bond acceptors (Lipinski definition) is 4. The van der Waals surface area contributed by atoms with Crippen molar-refractivity contribution in [3.05, 3.63) is 65.0 Å². The highest BCUT2D eigenvalue weighted by Crippen LogP contribution is 2.24. The van der Waals surface area contributed by atoms with Gasteiger partial charge >= 0.3 is 0 Å². The van der Waals surface area contributed by atoms with Crippen molar-refractivity contribution in [2.45, 2.75) is 26.8 Å². The molecular weight excluding hydrogens is 344 g/mol. The lowest BCUT2D eigenvalue weighted by atomic mass is 10.2. The van der Waals surface area contributed by atoms with Crippen molar-refractivity contribution < 1.29 is 9.53 Å². The monoisotopic (exact) mass is 366 g/mol. The zero-order valence-electron chi connectivity index (χ0n) is 15.2. The number of rotatable bonds is 6. The second kappa shape index (κ2) is 8.15. The van der Waals surface area contributed by atoms with E-state index >= 15 is 0 Å². The zero-order chi connectivity index (χ0) is 18.5. The molecule has 0 fully saturated rings. The van der Waals surface area contributed by atoms with Crippen LogP contribution in [0.5, 0.6) is 5.75 Å². The highest BCUT2D eigenvalue weighted by atomic mass is 32.1. The highest BCUT2D eigenvalue weighted by Gasteiger charge is 2.19. The molecule has 1 heterocycles. The number of aromatic nitrogens is 1. The van der Waals surface area contributed by atoms with Crippen molar-refractivity contribution in [2.24, 2.45) is 0 Å². The highest BCUT2D eigenvalue weighted by molar-refractivity contribution is 7.09. The van der Waals surface area contributed by atoms with E-state index in [0.717, 1.165) is 22.0 Å². The molecule has 0 aliphatic carbocycles. The van der Waals surface area contributed by atoms with Crippen molar-refractivity contribution in [3.8, 4) is 17.0 Å². The first kappa shape index (κ1) is 18.1. The molecule has 0 bridgehead atoms. The number of hydrogen-bond donors (Lipinski definition) is 0. The van der Waals surface area contributed by atoms with Crippen molar-refractivity contribution in [1.29, 1.82) is 0 Å². The van der Waals surface area contributed by atoms with E-state index in [2.05, 4.69) is 4.98 Å². The number of aryl methyl sites for hydroxylation is 1. The van der Waals surface area contributed by atoms with Gasteiger partial charge in [-0.15, -0.1) is 11.3 Å². The number of carbonyl (C=O) groups excluding carboxylic acids is 1. The van der Waals surface area contributed by atoms with Gasteiger partial charge in [0.25, 0.3) is 5.91 Å². The van der Waals surface area contributed by atoms with Crippen molar-refractivity contribution in [2.75, 3.05) is 11.5 Å². The van der Waals surface area contributed by atoms with Crippen LogP contribution in [0.25, 0.3) is 11.3 Å². The van der Waals surface area contributed by atoms with E-state index in [4.69, 9.17) is 4.74 Å². The number of thiazole rings is 1. The minimum atomic E-state index is -0.0644. The van der Waals surface area contributed by atoms with Crippen LogP contribution >= 0.6 is 11.3 Å². The quantitative estimate of drug-likeness (QED) is 0.621. The first-order valence-electron chi connectivity index (χ1n) is 8.57. The maximum absolute atomic E-state index is 12.6. The Kier molecular flexibility index (Phi) is 5.68. The van der Waals surface area contributed by atoms with Crippen LogP contribution in [-0.4, -0.2) is 23.5 Å². The summed E-state index contributed by atoms with van der Waals surface area (Å²) in [5.74, 6) is 0.608. The van der Waals surface area contributed by atoms with E-state index in [1.165, 1.54) is 0 Å². The van der Waals surface area contributed by atoms with Gasteiger partial charge in [0, 0.05) is 22.7 Å². The first-order valence-corrected chi connectivity index (χ1v) is 9.45. The Morgan fingerprint density at radius 3 is 2.38 bits per heavy atom. The number of para-hydroxylation sites is 1. The van der Waals surface area contributed by atoms with Crippen LogP contribution in [0.3, 0.4) is 0 Å². The summed E-state index contributed by atoms with van der Waals surface area (Å²) in [4.78, 5) is 18.9. The largest absolute Gasteiger partial charge is 0.484 e. The molecule has 0 N–H and O–H groups in total. The fourth-order valence-electron chi connectivity index (χ4n) is 2.75. The number of amides is 1. The number of ether oxygens (including phenoxy) is 1. The number of benzene rings is 2. The molecule has 0 saturated heterocycles. The molecule has 3 rings (SSSR count). The van der Waals surface area contributed by atoms with Crippen molar-refractivity contribution in [1.82, 2.24) is 4.98 Å². The molecule has 134 valence electrons. The van der Waals surface area contributed by atoms with Crippen LogP contribution in [0, 0.1) is 6.92 Å². The van der Waals surface area contributed by atoms with E-state index in [-0.39, 0.29) is 18.6 Å². The molecular formula is C21H22N2O2S. The molecule has 26 heavy (non-hydrogen) atoms. The third kappa shape index (κ3) is 4.29. The minimum Gasteiger partial charge on any atom is -0.484 e. The molecule has 1 amide bonds. The molecule has 4 nitrogen and oxygen atoms in total. The van der Waals surface area contributed by atoms with Gasteiger partial charge in [-0.3, -0.25) is 4.79 Å². The molecule has 0 atom stereocenters. The van der Waals surface area contributed by atoms with E-state index in [0.29, 0.717) is 5.75 Å². The van der Waals surface area contributed by atoms with Gasteiger partial charge in [-0.25, -0.2) is 4.98 Å². The number of carbonyl (C=O) groups is 1. The normalized spacial score (nSPS) is 10.8. The Morgan fingerprint density at radius 1 is 1.12 bits per heavy atom. The molecule has 0 aliphatic heterocycles. The third-order valence-corrected chi connectivity index (χ3v) is 4.72. The molecule has 0 saturated carbocycles. The summed E-state index contributed by atoms with van der Waals surface area (Å²) in [6, 6.07) is 17.4. The van der Waals surface area contributed by atoms with Crippen LogP contribution in [0.2, 0.25) is 0 Å². The smallest absolute Gasteiger partial charge is 0.265 e. The van der Waals surface area contributed by atoms with Crippen LogP contribution < -0.4 is 9.64 Å². The number of nitrogens with zero attached hydrogens (tertiary/aromatic N) is 2. The molecule has 0 radical (unpaired) electrons. The third-order valence-electron chi connectivity index (χ3n) is 3.95. The Labute approximate surface area is 158 Å². The maximum atomic E-state index is 12.6. The summed E-state index contributed by atoms with van der Waals surface area (Å²) in [6.45, 7) is 5.98. The minimum absolute atomic E-state index is 0.00221. The molecule has 1 aromatic heterocycles. The van der Waals surface area contributed by atoms with Crippen LogP contribution in [-0.2, 0) is 4.79 Å². The topological polar surface area (TPSA) is 42.4 Å². The Balaban J connectivity index is 1.65. The average molecular weight is 366 g/mol. The van der Waals surface area contributed by atoms with E-state index in [9.17, 15) is 4.79 Å². The molecule has 0 unspecified atom stereocenters. The van der Waals surface area contributed by atoms with Crippen LogP contribution in [0.4, 0.5) is 5.69 Å². The lowest BCUT2D eigenvalue weighted by molar-refractivity contribution is -0.120. The average Bonchev–Trinajstić information content (AvgIpc) is 3.07. The lowest BCUT2D eigenvalue weighted by Gasteiger charge is -2.26. The van der Waals surface area contributed by atoms with Gasteiger partial charge in [-0.05, 0) is 57.2 Å². The predicted molar refractivity (Wildman–Crippen MR) is 107 cm³/mol. The summed E-state index contributed by atoms with van der Waals surface area (Å²) in [5.41, 5.74) is 2.89. The van der Waals surface area contributed by atoms with Gasteiger partial charge in [-0.2, -0.15) is 0 Å². The molecule has 2 aromatic carbocycles. The van der Waals surface area contributed by atoms with E-state index in [1.807, 2.05) is 80.7 Å². The standard InChI is InChI=1S/C21H22N2O2S/c1-15(2)23(18-7-5-4-6-8-18)21(24)13-25-19-11-9-17(10-12-19)20-14-26-16(3)22-20/h4-12,14-15H,13H2,1-3H3. The van der Waals surface area contributed by atoms with Crippen LogP contribution in [0.15, 0.2) is 60.0 Å². The first-order chi connectivity index (χ1) is 12.5. The van der Waals surface area contributed by atoms with Gasteiger partial charge in [0.05, 0.1) is 10.7 Å². The van der Waals surface area contributed by atoms with Crippen LogP contribution in [0.1, 0.15) is 18.9 Å². The van der Waals surface area contributed by atoms with Gasteiger partial charge in [0.15, 0.2) is 6.61 Å². The summed E-state index contributed by atoms with van der Waals surface area (Å²) >= 11 is 1.63. The van der Waals surface area contributed by atoms with E-state index in [1.54, 1.807) is 16.2 Å². The lowest BCUT2D eigenvalue weighted by Crippen LogP contribution is -2.40. The number of anilines is 1. The molecule has 3 aromatic rings.